The van der Waals surface area contributed by atoms with E-state index in [2.05, 4.69) is 10.6 Å². The lowest BCUT2D eigenvalue weighted by Crippen LogP contribution is -2.51. The molecule has 24 heavy (non-hydrogen) atoms. The number of nitrogens with one attached hydrogen (secondary N) is 2. The van der Waals surface area contributed by atoms with Gasteiger partial charge in [-0.25, -0.2) is 4.79 Å². The molecule has 1 aliphatic heterocycles. The number of benzene rings is 1. The molecule has 3 amide bonds. The molecule has 0 aliphatic carbocycles. The minimum absolute atomic E-state index is 0.0216. The highest BCUT2D eigenvalue weighted by Crippen LogP contribution is 2.23. The Morgan fingerprint density at radius 3 is 2.75 bits per heavy atom. The van der Waals surface area contributed by atoms with E-state index in [0.717, 1.165) is 18.4 Å². The molecule has 1 aromatic rings. The third-order valence-electron chi connectivity index (χ3n) is 4.03. The van der Waals surface area contributed by atoms with E-state index in [9.17, 15) is 9.59 Å². The van der Waals surface area contributed by atoms with Crippen molar-refractivity contribution in [1.82, 2.24) is 15.5 Å². The normalized spacial score (nSPS) is 17.1. The van der Waals surface area contributed by atoms with Gasteiger partial charge in [0.15, 0.2) is 0 Å². The fraction of sp³-hybridized carbons (Fsp3) is 0.529. The molecule has 1 fully saturated rings. The van der Waals surface area contributed by atoms with Crippen molar-refractivity contribution < 1.29 is 19.1 Å². The Balaban J connectivity index is 1.94. The van der Waals surface area contributed by atoms with Crippen molar-refractivity contribution in [2.24, 2.45) is 0 Å². The Hall–Kier alpha value is -2.44. The van der Waals surface area contributed by atoms with E-state index in [1.54, 1.807) is 19.1 Å². The summed E-state index contributed by atoms with van der Waals surface area (Å²) in [4.78, 5) is 25.3. The van der Waals surface area contributed by atoms with E-state index in [4.69, 9.17) is 9.47 Å². The fourth-order valence-corrected chi connectivity index (χ4v) is 2.87. The highest BCUT2D eigenvalue weighted by atomic mass is 16.5. The van der Waals surface area contributed by atoms with Gasteiger partial charge in [-0.1, -0.05) is 0 Å². The average Bonchev–Trinajstić information content (AvgIpc) is 2.59. The maximum atomic E-state index is 12.4. The van der Waals surface area contributed by atoms with Crippen molar-refractivity contribution in [3.8, 4) is 11.5 Å². The standard InChI is InChI=1S/C17H25N3O4/c1-12(21)19-14-5-4-8-20(11-14)17(22)18-10-13-9-15(23-2)6-7-16(13)24-3/h6-7,9,14H,4-5,8,10-11H2,1-3H3,(H,18,22)(H,19,21)/t14-/m1/s1. The van der Waals surface area contributed by atoms with Crippen LogP contribution in [-0.4, -0.2) is 50.2 Å². The molecular formula is C17H25N3O4. The predicted molar refractivity (Wildman–Crippen MR) is 90.2 cm³/mol. The third-order valence-corrected chi connectivity index (χ3v) is 4.03. The number of urea groups is 1. The molecule has 7 nitrogen and oxygen atoms in total. The van der Waals surface area contributed by atoms with Crippen molar-refractivity contribution in [1.29, 1.82) is 0 Å². The second kappa shape index (κ2) is 8.42. The Morgan fingerprint density at radius 1 is 1.29 bits per heavy atom. The van der Waals surface area contributed by atoms with E-state index in [0.29, 0.717) is 31.1 Å². The van der Waals surface area contributed by atoms with E-state index >= 15 is 0 Å². The molecule has 1 saturated heterocycles. The number of carbonyl (C=O) groups is 2. The number of hydrogen-bond acceptors (Lipinski definition) is 4. The van der Waals surface area contributed by atoms with Gasteiger partial charge in [0.05, 0.1) is 14.2 Å². The summed E-state index contributed by atoms with van der Waals surface area (Å²) >= 11 is 0. The molecule has 2 N–H and O–H groups in total. The Labute approximate surface area is 142 Å². The number of methoxy groups -OCH3 is 2. The molecule has 0 aromatic heterocycles. The van der Waals surface area contributed by atoms with Crippen LogP contribution < -0.4 is 20.1 Å². The molecule has 1 aliphatic rings. The number of ether oxygens (including phenoxy) is 2. The maximum absolute atomic E-state index is 12.4. The first-order chi connectivity index (χ1) is 11.5. The zero-order valence-electron chi connectivity index (χ0n) is 14.4. The Bertz CT molecular complexity index is 591. The van der Waals surface area contributed by atoms with Gasteiger partial charge in [0, 0.05) is 38.2 Å². The number of hydrogen-bond donors (Lipinski definition) is 2. The van der Waals surface area contributed by atoms with Crippen LogP contribution in [0, 0.1) is 0 Å². The molecule has 132 valence electrons. The van der Waals surface area contributed by atoms with E-state index in [1.165, 1.54) is 6.92 Å². The van der Waals surface area contributed by atoms with Crippen LogP contribution in [0.1, 0.15) is 25.3 Å². The van der Waals surface area contributed by atoms with Gasteiger partial charge in [-0.2, -0.15) is 0 Å². The summed E-state index contributed by atoms with van der Waals surface area (Å²) in [6, 6.07) is 5.35. The van der Waals surface area contributed by atoms with Gasteiger partial charge in [-0.3, -0.25) is 4.79 Å². The lowest BCUT2D eigenvalue weighted by Gasteiger charge is -2.33. The van der Waals surface area contributed by atoms with Crippen LogP contribution >= 0.6 is 0 Å². The summed E-state index contributed by atoms with van der Waals surface area (Å²) in [7, 11) is 3.19. The van der Waals surface area contributed by atoms with E-state index in [-0.39, 0.29) is 18.0 Å². The van der Waals surface area contributed by atoms with Crippen LogP contribution in [0.4, 0.5) is 4.79 Å². The molecule has 1 aromatic carbocycles. The van der Waals surface area contributed by atoms with Crippen LogP contribution in [0.25, 0.3) is 0 Å². The molecule has 1 atom stereocenters. The first-order valence-corrected chi connectivity index (χ1v) is 8.04. The van der Waals surface area contributed by atoms with Crippen LogP contribution in [0.15, 0.2) is 18.2 Å². The number of piperidine rings is 1. The quantitative estimate of drug-likeness (QED) is 0.855. The lowest BCUT2D eigenvalue weighted by atomic mass is 10.1. The van der Waals surface area contributed by atoms with E-state index in [1.807, 2.05) is 18.2 Å². The minimum Gasteiger partial charge on any atom is -0.497 e. The Morgan fingerprint density at radius 2 is 2.08 bits per heavy atom. The molecule has 0 saturated carbocycles. The number of carbonyl (C=O) groups excluding carboxylic acids is 2. The number of nitrogens with zero attached hydrogens (tertiary/aromatic N) is 1. The molecule has 0 bridgehead atoms. The second-order valence-corrected chi connectivity index (χ2v) is 5.82. The highest BCUT2D eigenvalue weighted by molar-refractivity contribution is 5.75. The summed E-state index contributed by atoms with van der Waals surface area (Å²) in [6.45, 7) is 3.06. The Kier molecular flexibility index (Phi) is 6.28. The summed E-state index contributed by atoms with van der Waals surface area (Å²) < 4.78 is 10.5. The van der Waals surface area contributed by atoms with Crippen LogP contribution in [0.2, 0.25) is 0 Å². The van der Waals surface area contributed by atoms with Crippen molar-refractivity contribution in [2.45, 2.75) is 32.4 Å². The smallest absolute Gasteiger partial charge is 0.317 e. The highest BCUT2D eigenvalue weighted by Gasteiger charge is 2.24. The second-order valence-electron chi connectivity index (χ2n) is 5.82. The topological polar surface area (TPSA) is 79.9 Å². The zero-order valence-corrected chi connectivity index (χ0v) is 14.4. The van der Waals surface area contributed by atoms with Crippen LogP contribution in [0.5, 0.6) is 11.5 Å². The minimum atomic E-state index is -0.144. The van der Waals surface area contributed by atoms with Gasteiger partial charge in [0.2, 0.25) is 5.91 Å². The third kappa shape index (κ3) is 4.78. The SMILES string of the molecule is COc1ccc(OC)c(CNC(=O)N2CCC[C@@H](NC(C)=O)C2)c1. The van der Waals surface area contributed by atoms with Crippen LogP contribution in [0.3, 0.4) is 0 Å². The molecule has 0 spiro atoms. The number of rotatable bonds is 5. The molecule has 0 unspecified atom stereocenters. The van der Waals surface area contributed by atoms with Gasteiger partial charge in [0.25, 0.3) is 0 Å². The van der Waals surface area contributed by atoms with Gasteiger partial charge >= 0.3 is 6.03 Å². The van der Waals surface area contributed by atoms with Gasteiger partial charge < -0.3 is 25.0 Å². The number of amides is 3. The van der Waals surface area contributed by atoms with Gasteiger partial charge in [-0.15, -0.1) is 0 Å². The maximum Gasteiger partial charge on any atom is 0.317 e. The molecule has 7 heteroatoms. The fourth-order valence-electron chi connectivity index (χ4n) is 2.87. The monoisotopic (exact) mass is 335 g/mol. The molecule has 2 rings (SSSR count). The van der Waals surface area contributed by atoms with Gasteiger partial charge in [-0.05, 0) is 31.0 Å². The zero-order chi connectivity index (χ0) is 17.5. The van der Waals surface area contributed by atoms with E-state index < -0.39 is 0 Å². The van der Waals surface area contributed by atoms with Crippen molar-refractivity contribution in [3.63, 3.8) is 0 Å². The predicted octanol–water partition coefficient (Wildman–Crippen LogP) is 1.51. The van der Waals surface area contributed by atoms with Crippen molar-refractivity contribution >= 4 is 11.9 Å². The molecular weight excluding hydrogens is 310 g/mol. The van der Waals surface area contributed by atoms with Crippen LogP contribution in [-0.2, 0) is 11.3 Å². The first kappa shape index (κ1) is 17.9. The summed E-state index contributed by atoms with van der Waals surface area (Å²) in [5.41, 5.74) is 0.848. The average molecular weight is 335 g/mol. The lowest BCUT2D eigenvalue weighted by molar-refractivity contribution is -0.119. The number of likely N-dealkylation sites (tertiary alicyclic amines) is 1. The largest absolute Gasteiger partial charge is 0.497 e. The summed E-state index contributed by atoms with van der Waals surface area (Å²) in [6.07, 6.45) is 1.77. The summed E-state index contributed by atoms with van der Waals surface area (Å²) in [5.74, 6) is 1.35. The first-order valence-electron chi connectivity index (χ1n) is 8.04. The molecule has 0 radical (unpaired) electrons. The van der Waals surface area contributed by atoms with Crippen molar-refractivity contribution in [3.05, 3.63) is 23.8 Å². The van der Waals surface area contributed by atoms with Crippen molar-refractivity contribution in [2.75, 3.05) is 27.3 Å². The summed E-state index contributed by atoms with van der Waals surface area (Å²) in [5, 5.41) is 5.78. The van der Waals surface area contributed by atoms with Gasteiger partial charge in [0.1, 0.15) is 11.5 Å². The molecule has 1 heterocycles.